The number of aromatic nitrogens is 4. The highest BCUT2D eigenvalue weighted by Crippen LogP contribution is 2.12. The number of hydrogen-bond donors (Lipinski definition) is 1. The summed E-state index contributed by atoms with van der Waals surface area (Å²) in [5, 5.41) is 8.81. The number of rotatable bonds is 6. The zero-order valence-electron chi connectivity index (χ0n) is 12.1. The van der Waals surface area contributed by atoms with Crippen molar-refractivity contribution in [3.8, 4) is 0 Å². The van der Waals surface area contributed by atoms with Crippen LogP contribution in [0.5, 0.6) is 0 Å². The summed E-state index contributed by atoms with van der Waals surface area (Å²) >= 11 is 0. The minimum Gasteiger partial charge on any atom is -0.481 e. The fourth-order valence-electron chi connectivity index (χ4n) is 2.33. The van der Waals surface area contributed by atoms with E-state index >= 15 is 0 Å². The zero-order chi connectivity index (χ0) is 15.4. The molecule has 0 aliphatic rings. The van der Waals surface area contributed by atoms with E-state index in [-0.39, 0.29) is 12.1 Å². The molecule has 0 spiro atoms. The van der Waals surface area contributed by atoms with Crippen molar-refractivity contribution in [3.63, 3.8) is 0 Å². The Balaban J connectivity index is 2.25. The fourth-order valence-corrected chi connectivity index (χ4v) is 2.33. The maximum absolute atomic E-state index is 12.0. The van der Waals surface area contributed by atoms with E-state index in [1.165, 1.54) is 0 Å². The van der Waals surface area contributed by atoms with Gasteiger partial charge in [-0.15, -0.1) is 0 Å². The number of hydrogen-bond acceptors (Lipinski definition) is 4. The van der Waals surface area contributed by atoms with Crippen molar-refractivity contribution in [2.75, 3.05) is 0 Å². The molecule has 0 saturated heterocycles. The molecule has 0 amide bonds. The summed E-state index contributed by atoms with van der Waals surface area (Å²) < 4.78 is 3.47. The summed E-state index contributed by atoms with van der Waals surface area (Å²) in [5.41, 5.74) is 1.93. The van der Waals surface area contributed by atoms with Gasteiger partial charge in [0.1, 0.15) is 0 Å². The van der Waals surface area contributed by atoms with Crippen molar-refractivity contribution in [3.05, 3.63) is 46.2 Å². The van der Waals surface area contributed by atoms with Gasteiger partial charge in [-0.05, 0) is 25.8 Å². The molecule has 2 aromatic rings. The highest BCUT2D eigenvalue weighted by molar-refractivity contribution is 5.67. The largest absolute Gasteiger partial charge is 0.481 e. The molecule has 0 aliphatic heterocycles. The summed E-state index contributed by atoms with van der Waals surface area (Å²) in [6, 6.07) is 0. The monoisotopic (exact) mass is 290 g/mol. The number of aliphatic carboxylic acids is 1. The van der Waals surface area contributed by atoms with Gasteiger partial charge in [0.05, 0.1) is 6.33 Å². The van der Waals surface area contributed by atoms with Crippen LogP contribution < -0.4 is 5.69 Å². The molecule has 7 heteroatoms. The van der Waals surface area contributed by atoms with Crippen LogP contribution in [0.25, 0.3) is 0 Å². The van der Waals surface area contributed by atoms with Crippen LogP contribution in [-0.2, 0) is 24.3 Å². The normalized spacial score (nSPS) is 10.8. The third kappa shape index (κ3) is 3.56. The Labute approximate surface area is 121 Å². The van der Waals surface area contributed by atoms with Crippen LogP contribution in [0.2, 0.25) is 0 Å². The molecular formula is C14H18N4O3. The smallest absolute Gasteiger partial charge is 0.348 e. The molecule has 112 valence electrons. The van der Waals surface area contributed by atoms with Crippen LogP contribution in [0.1, 0.15) is 23.4 Å². The van der Waals surface area contributed by atoms with Gasteiger partial charge in [0.15, 0.2) is 0 Å². The average Bonchev–Trinajstić information content (AvgIpc) is 2.90. The predicted octanol–water partition coefficient (Wildman–Crippen LogP) is 0.774. The SMILES string of the molecule is Cc1nc(=O)n(CCn2ccnc2)c(C)c1CCC(=O)O. The first-order valence-electron chi connectivity index (χ1n) is 6.73. The van der Waals surface area contributed by atoms with Crippen molar-refractivity contribution in [1.29, 1.82) is 0 Å². The molecule has 1 N–H and O–H groups in total. The second-order valence-electron chi connectivity index (χ2n) is 4.89. The van der Waals surface area contributed by atoms with E-state index in [2.05, 4.69) is 9.97 Å². The summed E-state index contributed by atoms with van der Waals surface area (Å²) in [5.74, 6) is -0.857. The molecule has 21 heavy (non-hydrogen) atoms. The number of imidazole rings is 1. The Morgan fingerprint density at radius 2 is 2.10 bits per heavy atom. The Morgan fingerprint density at radius 1 is 1.33 bits per heavy atom. The van der Waals surface area contributed by atoms with Crippen molar-refractivity contribution in [2.24, 2.45) is 0 Å². The van der Waals surface area contributed by atoms with Crippen LogP contribution in [-0.4, -0.2) is 30.2 Å². The van der Waals surface area contributed by atoms with Gasteiger partial charge < -0.3 is 9.67 Å². The second kappa shape index (κ2) is 6.34. The van der Waals surface area contributed by atoms with Gasteiger partial charge in [-0.25, -0.2) is 9.78 Å². The van der Waals surface area contributed by atoms with Crippen LogP contribution in [0, 0.1) is 13.8 Å². The van der Waals surface area contributed by atoms with Gasteiger partial charge >= 0.3 is 11.7 Å². The maximum atomic E-state index is 12.0. The van der Waals surface area contributed by atoms with Crippen LogP contribution in [0.4, 0.5) is 0 Å². The summed E-state index contributed by atoms with van der Waals surface area (Å²) in [7, 11) is 0. The second-order valence-corrected chi connectivity index (χ2v) is 4.89. The van der Waals surface area contributed by atoms with Crippen LogP contribution in [0.3, 0.4) is 0 Å². The first kappa shape index (κ1) is 15.0. The Bertz CT molecular complexity index is 689. The molecule has 0 aromatic carbocycles. The molecule has 2 heterocycles. The molecule has 0 aliphatic carbocycles. The van der Waals surface area contributed by atoms with E-state index < -0.39 is 5.97 Å². The third-order valence-corrected chi connectivity index (χ3v) is 3.50. The number of aryl methyl sites for hydroxylation is 2. The quantitative estimate of drug-likeness (QED) is 0.848. The topological polar surface area (TPSA) is 90.0 Å². The Hall–Kier alpha value is -2.44. The molecule has 2 rings (SSSR count). The molecule has 0 saturated carbocycles. The van der Waals surface area contributed by atoms with Gasteiger partial charge in [0.25, 0.3) is 0 Å². The van der Waals surface area contributed by atoms with Gasteiger partial charge in [0.2, 0.25) is 0 Å². The minimum absolute atomic E-state index is 0.0308. The van der Waals surface area contributed by atoms with E-state index in [1.54, 1.807) is 24.0 Å². The Morgan fingerprint density at radius 3 is 2.71 bits per heavy atom. The number of nitrogens with zero attached hydrogens (tertiary/aromatic N) is 4. The third-order valence-electron chi connectivity index (χ3n) is 3.50. The standard InChI is InChI=1S/C14H18N4O3/c1-10-12(3-4-13(19)20)11(2)18(14(21)16-10)8-7-17-6-5-15-9-17/h5-6,9H,3-4,7-8H2,1-2H3,(H,19,20). The molecular weight excluding hydrogens is 272 g/mol. The van der Waals surface area contributed by atoms with Gasteiger partial charge in [0, 0.05) is 43.3 Å². The summed E-state index contributed by atoms with van der Waals surface area (Å²) in [4.78, 5) is 30.7. The predicted molar refractivity (Wildman–Crippen MR) is 76.2 cm³/mol. The highest BCUT2D eigenvalue weighted by atomic mass is 16.4. The first-order chi connectivity index (χ1) is 9.99. The molecule has 0 atom stereocenters. The average molecular weight is 290 g/mol. The molecule has 0 bridgehead atoms. The van der Waals surface area contributed by atoms with Gasteiger partial charge in [-0.1, -0.05) is 0 Å². The van der Waals surface area contributed by atoms with E-state index in [9.17, 15) is 9.59 Å². The van der Waals surface area contributed by atoms with E-state index in [0.29, 0.717) is 25.2 Å². The van der Waals surface area contributed by atoms with E-state index in [1.807, 2.05) is 17.7 Å². The lowest BCUT2D eigenvalue weighted by molar-refractivity contribution is -0.136. The lowest BCUT2D eigenvalue weighted by atomic mass is 10.1. The van der Waals surface area contributed by atoms with Gasteiger partial charge in [-0.3, -0.25) is 9.36 Å². The molecule has 0 unspecified atom stereocenters. The minimum atomic E-state index is -0.857. The molecule has 0 radical (unpaired) electrons. The first-order valence-corrected chi connectivity index (χ1v) is 6.73. The fraction of sp³-hybridized carbons (Fsp3) is 0.429. The summed E-state index contributed by atoms with van der Waals surface area (Å²) in [6.07, 6.45) is 5.61. The lowest BCUT2D eigenvalue weighted by Gasteiger charge is -2.15. The number of carboxylic acids is 1. The zero-order valence-corrected chi connectivity index (χ0v) is 12.1. The molecule has 2 aromatic heterocycles. The molecule has 0 fully saturated rings. The van der Waals surface area contributed by atoms with Gasteiger partial charge in [-0.2, -0.15) is 4.98 Å². The maximum Gasteiger partial charge on any atom is 0.348 e. The Kier molecular flexibility index (Phi) is 4.52. The van der Waals surface area contributed by atoms with Crippen molar-refractivity contribution < 1.29 is 9.90 Å². The van der Waals surface area contributed by atoms with Crippen molar-refractivity contribution in [1.82, 2.24) is 19.1 Å². The van der Waals surface area contributed by atoms with E-state index in [4.69, 9.17) is 5.11 Å². The van der Waals surface area contributed by atoms with Crippen LogP contribution in [0.15, 0.2) is 23.5 Å². The highest BCUT2D eigenvalue weighted by Gasteiger charge is 2.12. The van der Waals surface area contributed by atoms with Crippen molar-refractivity contribution >= 4 is 5.97 Å². The number of carbonyl (C=O) groups is 1. The lowest BCUT2D eigenvalue weighted by Crippen LogP contribution is -2.29. The number of carboxylic acid groups (broad SMARTS) is 1. The van der Waals surface area contributed by atoms with Crippen molar-refractivity contribution in [2.45, 2.75) is 39.8 Å². The van der Waals surface area contributed by atoms with E-state index in [0.717, 1.165) is 11.3 Å². The van der Waals surface area contributed by atoms with Crippen LogP contribution >= 0.6 is 0 Å². The summed E-state index contributed by atoms with van der Waals surface area (Å²) in [6.45, 7) is 4.67. The molecule has 7 nitrogen and oxygen atoms in total.